The lowest BCUT2D eigenvalue weighted by Crippen LogP contribution is -2.16. The smallest absolute Gasteiger partial charge is 0.389 e. The molecule has 4 nitrogen and oxygen atoms in total. The minimum atomic E-state index is -4.36. The Balaban J connectivity index is 2.51. The third-order valence-corrected chi connectivity index (χ3v) is 2.48. The molecule has 21 heavy (non-hydrogen) atoms. The Hall–Kier alpha value is -2.05. The summed E-state index contributed by atoms with van der Waals surface area (Å²) < 4.78 is 40.8. The lowest BCUT2D eigenvalue weighted by Gasteiger charge is -2.08. The van der Waals surface area contributed by atoms with Crippen molar-refractivity contribution in [1.82, 2.24) is 0 Å². The maximum Gasteiger partial charge on any atom is 0.389 e. The van der Waals surface area contributed by atoms with Crippen molar-refractivity contribution in [3.05, 3.63) is 29.8 Å². The molecule has 0 aliphatic rings. The lowest BCUT2D eigenvalue weighted by molar-refractivity contribution is -0.142. The Morgan fingerprint density at radius 3 is 2.33 bits per heavy atom. The molecule has 0 bridgehead atoms. The number of benzene rings is 1. The van der Waals surface area contributed by atoms with E-state index in [0.29, 0.717) is 24.3 Å². The van der Waals surface area contributed by atoms with Gasteiger partial charge in [-0.25, -0.2) is 4.79 Å². The van der Waals surface area contributed by atoms with Crippen molar-refractivity contribution in [3.8, 4) is 0 Å². The van der Waals surface area contributed by atoms with Crippen molar-refractivity contribution >= 4 is 17.6 Å². The molecule has 0 aliphatic heterocycles. The van der Waals surface area contributed by atoms with Crippen LogP contribution in [0.4, 0.5) is 18.9 Å². The van der Waals surface area contributed by atoms with Crippen molar-refractivity contribution in [2.24, 2.45) is 0 Å². The van der Waals surface area contributed by atoms with Crippen LogP contribution in [0.3, 0.4) is 0 Å². The number of carbonyl (C=O) groups is 2. The number of halogens is 3. The minimum absolute atomic E-state index is 0.314. The van der Waals surface area contributed by atoms with Crippen LogP contribution in [0.2, 0.25) is 0 Å². The van der Waals surface area contributed by atoms with Gasteiger partial charge in [0.25, 0.3) is 0 Å². The molecule has 0 radical (unpaired) electrons. The van der Waals surface area contributed by atoms with E-state index >= 15 is 0 Å². The van der Waals surface area contributed by atoms with Crippen LogP contribution in [-0.4, -0.2) is 24.7 Å². The standard InChI is InChI=1S/C14H16F3NO3/c1-2-9-21-13(20)10-3-5-11(6-4-10)18-12(19)7-8-14(15,16)17/h3-6H,2,7-9H2,1H3,(H,18,19). The molecule has 1 aromatic carbocycles. The van der Waals surface area contributed by atoms with E-state index in [0.717, 1.165) is 0 Å². The molecule has 1 amide bonds. The third-order valence-electron chi connectivity index (χ3n) is 2.48. The van der Waals surface area contributed by atoms with Crippen LogP contribution in [-0.2, 0) is 9.53 Å². The highest BCUT2D eigenvalue weighted by molar-refractivity contribution is 5.93. The van der Waals surface area contributed by atoms with Gasteiger partial charge in [-0.2, -0.15) is 13.2 Å². The number of esters is 1. The Morgan fingerprint density at radius 1 is 1.19 bits per heavy atom. The van der Waals surface area contributed by atoms with Gasteiger partial charge in [0, 0.05) is 12.1 Å². The molecule has 1 aromatic rings. The lowest BCUT2D eigenvalue weighted by atomic mass is 10.2. The highest BCUT2D eigenvalue weighted by atomic mass is 19.4. The first kappa shape index (κ1) is 17.0. The Labute approximate surface area is 120 Å². The molecule has 0 atom stereocenters. The fourth-order valence-electron chi connectivity index (χ4n) is 1.45. The average molecular weight is 303 g/mol. The van der Waals surface area contributed by atoms with E-state index in [2.05, 4.69) is 5.32 Å². The van der Waals surface area contributed by atoms with E-state index in [1.807, 2.05) is 6.92 Å². The van der Waals surface area contributed by atoms with E-state index in [9.17, 15) is 22.8 Å². The minimum Gasteiger partial charge on any atom is -0.462 e. The molecule has 0 aromatic heterocycles. The van der Waals surface area contributed by atoms with Crippen molar-refractivity contribution in [2.75, 3.05) is 11.9 Å². The predicted molar refractivity (Wildman–Crippen MR) is 70.9 cm³/mol. The van der Waals surface area contributed by atoms with E-state index in [4.69, 9.17) is 4.74 Å². The number of anilines is 1. The normalized spacial score (nSPS) is 11.0. The van der Waals surface area contributed by atoms with Gasteiger partial charge >= 0.3 is 12.1 Å². The Bertz CT molecular complexity index is 483. The van der Waals surface area contributed by atoms with Crippen molar-refractivity contribution in [2.45, 2.75) is 32.4 Å². The first-order valence-corrected chi connectivity index (χ1v) is 6.45. The maximum atomic E-state index is 12.0. The molecule has 0 spiro atoms. The zero-order valence-corrected chi connectivity index (χ0v) is 11.5. The van der Waals surface area contributed by atoms with E-state index in [1.165, 1.54) is 24.3 Å². The second-order valence-electron chi connectivity index (χ2n) is 4.38. The van der Waals surface area contributed by atoms with Gasteiger partial charge in [0.2, 0.25) is 5.91 Å². The van der Waals surface area contributed by atoms with Gasteiger partial charge in [-0.15, -0.1) is 0 Å². The van der Waals surface area contributed by atoms with Crippen LogP contribution in [0.1, 0.15) is 36.5 Å². The molecule has 116 valence electrons. The molecule has 0 saturated carbocycles. The van der Waals surface area contributed by atoms with Gasteiger partial charge in [0.05, 0.1) is 18.6 Å². The fourth-order valence-corrected chi connectivity index (χ4v) is 1.45. The molecule has 0 saturated heterocycles. The summed E-state index contributed by atoms with van der Waals surface area (Å²) in [5.41, 5.74) is 0.644. The van der Waals surface area contributed by atoms with Crippen LogP contribution in [0.15, 0.2) is 24.3 Å². The summed E-state index contributed by atoms with van der Waals surface area (Å²) >= 11 is 0. The summed E-state index contributed by atoms with van der Waals surface area (Å²) in [6, 6.07) is 5.76. The second-order valence-corrected chi connectivity index (χ2v) is 4.38. The van der Waals surface area contributed by atoms with E-state index in [-0.39, 0.29) is 0 Å². The van der Waals surface area contributed by atoms with Crippen molar-refractivity contribution in [3.63, 3.8) is 0 Å². The first-order chi connectivity index (χ1) is 9.81. The van der Waals surface area contributed by atoms with Gasteiger partial charge in [0.15, 0.2) is 0 Å². The largest absolute Gasteiger partial charge is 0.462 e. The highest BCUT2D eigenvalue weighted by Gasteiger charge is 2.27. The number of hydrogen-bond donors (Lipinski definition) is 1. The topological polar surface area (TPSA) is 55.4 Å². The van der Waals surface area contributed by atoms with Gasteiger partial charge in [-0.3, -0.25) is 4.79 Å². The number of nitrogens with one attached hydrogen (secondary N) is 1. The monoisotopic (exact) mass is 303 g/mol. The number of ether oxygens (including phenoxy) is 1. The van der Waals surface area contributed by atoms with Crippen LogP contribution < -0.4 is 5.32 Å². The molecule has 1 rings (SSSR count). The Kier molecular flexibility index (Phi) is 6.20. The summed E-state index contributed by atoms with van der Waals surface area (Å²) in [6.07, 6.45) is -5.45. The number of rotatable bonds is 6. The maximum absolute atomic E-state index is 12.0. The molecule has 0 heterocycles. The highest BCUT2D eigenvalue weighted by Crippen LogP contribution is 2.21. The quantitative estimate of drug-likeness (QED) is 0.818. The number of alkyl halides is 3. The zero-order valence-electron chi connectivity index (χ0n) is 11.5. The molecular weight excluding hydrogens is 287 g/mol. The Morgan fingerprint density at radius 2 is 1.81 bits per heavy atom. The summed E-state index contributed by atoms with van der Waals surface area (Å²) in [5.74, 6) is -1.21. The van der Waals surface area contributed by atoms with E-state index < -0.39 is 30.9 Å². The van der Waals surface area contributed by atoms with Gasteiger partial charge in [-0.1, -0.05) is 6.92 Å². The zero-order chi connectivity index (χ0) is 15.9. The predicted octanol–water partition coefficient (Wildman–Crippen LogP) is 3.53. The average Bonchev–Trinajstić information content (AvgIpc) is 2.42. The van der Waals surface area contributed by atoms with Gasteiger partial charge < -0.3 is 10.1 Å². The molecule has 0 unspecified atom stereocenters. The SMILES string of the molecule is CCCOC(=O)c1ccc(NC(=O)CCC(F)(F)F)cc1. The summed E-state index contributed by atoms with van der Waals surface area (Å²) in [6.45, 7) is 2.18. The van der Waals surface area contributed by atoms with Gasteiger partial charge in [0.1, 0.15) is 0 Å². The molecule has 0 aliphatic carbocycles. The number of amides is 1. The first-order valence-electron chi connectivity index (χ1n) is 6.45. The van der Waals surface area contributed by atoms with Crippen LogP contribution >= 0.6 is 0 Å². The molecule has 7 heteroatoms. The van der Waals surface area contributed by atoms with Gasteiger partial charge in [-0.05, 0) is 30.7 Å². The van der Waals surface area contributed by atoms with E-state index in [1.54, 1.807) is 0 Å². The molecule has 0 fully saturated rings. The summed E-state index contributed by atoms with van der Waals surface area (Å²) in [7, 11) is 0. The van der Waals surface area contributed by atoms with Crippen LogP contribution in [0, 0.1) is 0 Å². The molecule has 1 N–H and O–H groups in total. The van der Waals surface area contributed by atoms with Crippen LogP contribution in [0.25, 0.3) is 0 Å². The molecular formula is C14H16F3NO3. The second kappa shape index (κ2) is 7.66. The van der Waals surface area contributed by atoms with Crippen molar-refractivity contribution in [1.29, 1.82) is 0 Å². The fraction of sp³-hybridized carbons (Fsp3) is 0.429. The number of carbonyl (C=O) groups excluding carboxylic acids is 2. The third kappa shape index (κ3) is 6.78. The summed E-state index contributed by atoms with van der Waals surface area (Å²) in [4.78, 5) is 22.8. The van der Waals surface area contributed by atoms with Crippen LogP contribution in [0.5, 0.6) is 0 Å². The summed E-state index contributed by atoms with van der Waals surface area (Å²) in [5, 5.41) is 2.33. The van der Waals surface area contributed by atoms with Crippen molar-refractivity contribution < 1.29 is 27.5 Å². The number of hydrogen-bond acceptors (Lipinski definition) is 3.